The number of hydrogen-bond donors (Lipinski definition) is 0. The van der Waals surface area contributed by atoms with Crippen LogP contribution in [0.15, 0.2) is 179 Å². The molecule has 0 aliphatic rings. The summed E-state index contributed by atoms with van der Waals surface area (Å²) in [7, 11) is 0. The lowest BCUT2D eigenvalue weighted by Gasteiger charge is -2.26. The van der Waals surface area contributed by atoms with Crippen LogP contribution in [0.25, 0.3) is 65.4 Å². The van der Waals surface area contributed by atoms with E-state index in [1.165, 1.54) is 24.3 Å². The molecule has 0 saturated heterocycles. The van der Waals surface area contributed by atoms with E-state index in [1.54, 1.807) is 48.5 Å². The van der Waals surface area contributed by atoms with E-state index in [4.69, 9.17) is 8.83 Å². The van der Waals surface area contributed by atoms with E-state index < -0.39 is 23.5 Å². The van der Waals surface area contributed by atoms with Crippen LogP contribution in [0.3, 0.4) is 0 Å². The quantitative estimate of drug-likeness (QED) is 0.155. The lowest BCUT2D eigenvalue weighted by Crippen LogP contribution is -2.11. The molecule has 0 bridgehead atoms. The molecule has 0 aliphatic heterocycles. The van der Waals surface area contributed by atoms with Crippen molar-refractivity contribution in [1.82, 2.24) is 0 Å². The summed E-state index contributed by atoms with van der Waals surface area (Å²) in [6, 6.07) is 51.0. The van der Waals surface area contributed by atoms with Crippen LogP contribution in [0, 0.1) is 22.7 Å². The first-order valence-electron chi connectivity index (χ1n) is 20.5. The summed E-state index contributed by atoms with van der Waals surface area (Å²) in [5.74, 6) is 0. The van der Waals surface area contributed by atoms with Gasteiger partial charge in [-0.1, -0.05) is 12.1 Å². The molecule has 2 aromatic heterocycles. The van der Waals surface area contributed by atoms with E-state index in [1.807, 2.05) is 82.6 Å². The number of hydrogen-bond acceptors (Lipinski definition) is 6. The molecule has 66 heavy (non-hydrogen) atoms. The molecule has 6 nitrogen and oxygen atoms in total. The summed E-state index contributed by atoms with van der Waals surface area (Å²) < 4.78 is 94.5. The molecular weight excluding hydrogens is 851 g/mol. The van der Waals surface area contributed by atoms with Gasteiger partial charge >= 0.3 is 12.4 Å². The summed E-state index contributed by atoms with van der Waals surface area (Å²) in [4.78, 5) is 3.66. The Hall–Kier alpha value is -8.74. The zero-order valence-electron chi connectivity index (χ0n) is 34.0. The molecule has 0 radical (unpaired) electrons. The second-order valence-corrected chi connectivity index (χ2v) is 15.8. The van der Waals surface area contributed by atoms with Gasteiger partial charge in [0.25, 0.3) is 0 Å². The lowest BCUT2D eigenvalue weighted by atomic mass is 10.0. The van der Waals surface area contributed by atoms with Crippen LogP contribution in [0.1, 0.15) is 22.3 Å². The van der Waals surface area contributed by atoms with Crippen LogP contribution in [-0.2, 0) is 12.4 Å². The lowest BCUT2D eigenvalue weighted by molar-refractivity contribution is -0.138. The Morgan fingerprint density at radius 1 is 0.364 bits per heavy atom. The molecule has 0 fully saturated rings. The van der Waals surface area contributed by atoms with Gasteiger partial charge in [0, 0.05) is 61.1 Å². The van der Waals surface area contributed by atoms with Crippen LogP contribution in [0.5, 0.6) is 0 Å². The largest absolute Gasteiger partial charge is 0.455 e. The zero-order valence-corrected chi connectivity index (χ0v) is 34.0. The van der Waals surface area contributed by atoms with Crippen LogP contribution in [0.2, 0.25) is 0 Å². The Bertz CT molecular complexity index is 3800. The standard InChI is InChI=1S/C54H28F6N4O2/c55-53(56,57)35-7-15-39(16-8-35)63(37-11-1-31(29-61)2-12-37)41-19-23-43-33(27-41)5-21-45-46-25-26-48-49(52(46)66-50(43)45)47-22-6-34-28-42(20-24-44(34)51(47)65-48)64(38-13-3-32(30-62)4-14-38)40-17-9-36(10-18-40)54(58,59)60/h1-28H. The van der Waals surface area contributed by atoms with E-state index in [-0.39, 0.29) is 0 Å². The number of rotatable bonds is 6. The SMILES string of the molecule is N#Cc1ccc(N(c2ccc(C(F)(F)F)cc2)c2ccc3c(ccc4c5ccc6oc7c8ccc(N(c9ccc(C#N)cc9)c9ccc(C(F)(F)F)cc9)cc8ccc7c6c5oc34)c2)cc1. The third-order valence-electron chi connectivity index (χ3n) is 11.9. The first-order chi connectivity index (χ1) is 31.9. The molecule has 11 rings (SSSR count). The molecule has 0 amide bonds. The zero-order chi connectivity index (χ0) is 45.5. The molecular formula is C54H28F6N4O2. The topological polar surface area (TPSA) is 80.3 Å². The number of nitrogens with zero attached hydrogens (tertiary/aromatic N) is 4. The second-order valence-electron chi connectivity index (χ2n) is 15.8. The highest BCUT2D eigenvalue weighted by Gasteiger charge is 2.31. The predicted octanol–water partition coefficient (Wildman–Crippen LogP) is 16.5. The van der Waals surface area contributed by atoms with Crippen LogP contribution in [0.4, 0.5) is 60.5 Å². The molecule has 0 aliphatic carbocycles. The second kappa shape index (κ2) is 14.9. The van der Waals surface area contributed by atoms with Crippen molar-refractivity contribution >= 4 is 99.5 Å². The van der Waals surface area contributed by atoms with Crippen LogP contribution < -0.4 is 9.80 Å². The molecule has 0 N–H and O–H groups in total. The van der Waals surface area contributed by atoms with Crippen LogP contribution in [-0.4, -0.2) is 0 Å². The van der Waals surface area contributed by atoms with E-state index in [9.17, 15) is 36.9 Å². The number of anilines is 6. The fourth-order valence-corrected chi connectivity index (χ4v) is 8.78. The summed E-state index contributed by atoms with van der Waals surface area (Å²) in [6.45, 7) is 0. The Labute approximate surface area is 370 Å². The molecule has 318 valence electrons. The van der Waals surface area contributed by atoms with Crippen molar-refractivity contribution < 1.29 is 35.2 Å². The van der Waals surface area contributed by atoms with Gasteiger partial charge in [0.1, 0.15) is 22.3 Å². The normalized spacial score (nSPS) is 12.1. The average Bonchev–Trinajstić information content (AvgIpc) is 3.91. The van der Waals surface area contributed by atoms with Crippen molar-refractivity contribution in [2.45, 2.75) is 12.4 Å². The van der Waals surface area contributed by atoms with Gasteiger partial charge in [-0.15, -0.1) is 0 Å². The molecule has 11 aromatic rings. The van der Waals surface area contributed by atoms with Crippen molar-refractivity contribution in [2.24, 2.45) is 0 Å². The third kappa shape index (κ3) is 6.66. The monoisotopic (exact) mass is 878 g/mol. The highest BCUT2D eigenvalue weighted by atomic mass is 19.4. The van der Waals surface area contributed by atoms with Gasteiger partial charge in [0.2, 0.25) is 0 Å². The highest BCUT2D eigenvalue weighted by molar-refractivity contribution is 6.27. The molecule has 0 spiro atoms. The van der Waals surface area contributed by atoms with Crippen molar-refractivity contribution in [3.05, 3.63) is 192 Å². The first-order valence-corrected chi connectivity index (χ1v) is 20.5. The van der Waals surface area contributed by atoms with Gasteiger partial charge in [-0.05, 0) is 168 Å². The Morgan fingerprint density at radius 2 is 0.727 bits per heavy atom. The van der Waals surface area contributed by atoms with E-state index >= 15 is 0 Å². The van der Waals surface area contributed by atoms with Gasteiger partial charge in [-0.25, -0.2) is 0 Å². The fraction of sp³-hybridized carbons (Fsp3) is 0.0370. The predicted molar refractivity (Wildman–Crippen MR) is 245 cm³/mol. The van der Waals surface area contributed by atoms with Crippen molar-refractivity contribution in [1.29, 1.82) is 10.5 Å². The van der Waals surface area contributed by atoms with E-state index in [0.717, 1.165) is 67.4 Å². The number of benzene rings is 9. The smallest absolute Gasteiger partial charge is 0.416 e. The highest BCUT2D eigenvalue weighted by Crippen LogP contribution is 2.46. The summed E-state index contributed by atoms with van der Waals surface area (Å²) in [5.41, 5.74) is 5.53. The number of fused-ring (bicyclic) bond motifs is 11. The third-order valence-corrected chi connectivity index (χ3v) is 11.9. The molecule has 9 aromatic carbocycles. The van der Waals surface area contributed by atoms with E-state index in [0.29, 0.717) is 67.6 Å². The maximum Gasteiger partial charge on any atom is 0.416 e. The van der Waals surface area contributed by atoms with Crippen molar-refractivity contribution in [2.75, 3.05) is 9.80 Å². The fourth-order valence-electron chi connectivity index (χ4n) is 8.78. The van der Waals surface area contributed by atoms with E-state index in [2.05, 4.69) is 12.1 Å². The van der Waals surface area contributed by atoms with Gasteiger partial charge < -0.3 is 18.6 Å². The minimum atomic E-state index is -4.49. The summed E-state index contributed by atoms with van der Waals surface area (Å²) in [5, 5.41) is 25.5. The Kier molecular flexibility index (Phi) is 9.06. The van der Waals surface area contributed by atoms with Gasteiger partial charge in [-0.3, -0.25) is 0 Å². The van der Waals surface area contributed by atoms with Gasteiger partial charge in [0.15, 0.2) is 0 Å². The van der Waals surface area contributed by atoms with Crippen LogP contribution >= 0.6 is 0 Å². The molecule has 12 heteroatoms. The molecule has 2 heterocycles. The van der Waals surface area contributed by atoms with Crippen molar-refractivity contribution in [3.63, 3.8) is 0 Å². The van der Waals surface area contributed by atoms with Crippen molar-refractivity contribution in [3.8, 4) is 12.1 Å². The number of nitriles is 2. The Morgan fingerprint density at radius 3 is 1.17 bits per heavy atom. The maximum atomic E-state index is 13.5. The summed E-state index contributed by atoms with van der Waals surface area (Å²) in [6.07, 6.45) is -8.99. The minimum Gasteiger partial charge on any atom is -0.455 e. The Balaban J connectivity index is 1.01. The number of alkyl halides is 6. The number of halogens is 6. The molecule has 0 atom stereocenters. The summed E-state index contributed by atoms with van der Waals surface area (Å²) >= 11 is 0. The maximum absolute atomic E-state index is 13.5. The molecule has 0 saturated carbocycles. The van der Waals surface area contributed by atoms with Gasteiger partial charge in [0.05, 0.1) is 39.8 Å². The average molecular weight is 879 g/mol. The first kappa shape index (κ1) is 40.1. The minimum absolute atomic E-state index is 0.444. The molecule has 0 unspecified atom stereocenters. The van der Waals surface area contributed by atoms with Gasteiger partial charge in [-0.2, -0.15) is 36.9 Å². The number of furan rings is 2.